The molecule has 0 saturated heterocycles. The van der Waals surface area contributed by atoms with Crippen LogP contribution in [0.15, 0.2) is 52.3 Å². The summed E-state index contributed by atoms with van der Waals surface area (Å²) in [5.74, 6) is 0.763. The maximum atomic E-state index is 13.2. The largest absolute Gasteiger partial charge is 0.443 e. The second-order valence-electron chi connectivity index (χ2n) is 10.7. The summed E-state index contributed by atoms with van der Waals surface area (Å²) in [6.45, 7) is 5.93. The molecule has 1 fully saturated rings. The van der Waals surface area contributed by atoms with E-state index in [1.807, 2.05) is 0 Å². The van der Waals surface area contributed by atoms with E-state index in [2.05, 4.69) is 20.7 Å². The van der Waals surface area contributed by atoms with E-state index in [1.165, 1.54) is 21.9 Å². The van der Waals surface area contributed by atoms with Gasteiger partial charge in [-0.25, -0.2) is 19.3 Å². The van der Waals surface area contributed by atoms with Gasteiger partial charge in [0.15, 0.2) is 5.65 Å². The quantitative estimate of drug-likeness (QED) is 0.334. The highest BCUT2D eigenvalue weighted by Gasteiger charge is 2.26. The number of rotatable bonds is 8. The summed E-state index contributed by atoms with van der Waals surface area (Å²) in [5.41, 5.74) is 0.563. The number of fused-ring (bicyclic) bond motifs is 1. The second kappa shape index (κ2) is 11.1. The summed E-state index contributed by atoms with van der Waals surface area (Å²) in [4.78, 5) is 36.4. The van der Waals surface area contributed by atoms with E-state index in [0.29, 0.717) is 29.9 Å². The second-order valence-corrected chi connectivity index (χ2v) is 10.7. The van der Waals surface area contributed by atoms with Crippen LogP contribution >= 0.6 is 0 Å². The van der Waals surface area contributed by atoms with Crippen molar-refractivity contribution in [2.45, 2.75) is 64.3 Å². The lowest BCUT2D eigenvalue weighted by Crippen LogP contribution is -2.35. The van der Waals surface area contributed by atoms with Crippen LogP contribution in [0.1, 0.15) is 45.6 Å². The van der Waals surface area contributed by atoms with E-state index >= 15 is 0 Å². The molecule has 0 aromatic carbocycles. The first-order valence-corrected chi connectivity index (χ1v) is 13.1. The third-order valence-corrected chi connectivity index (χ3v) is 6.67. The molecule has 5 rings (SSSR count). The van der Waals surface area contributed by atoms with Crippen LogP contribution < -0.4 is 21.1 Å². The highest BCUT2D eigenvalue weighted by atomic mass is 16.6. The lowest BCUT2D eigenvalue weighted by Gasteiger charge is -2.25. The van der Waals surface area contributed by atoms with Crippen molar-refractivity contribution in [1.82, 2.24) is 29.5 Å². The third kappa shape index (κ3) is 5.84. The molecular weight excluding hydrogens is 516 g/mol. The monoisotopic (exact) mass is 550 g/mol. The minimum Gasteiger partial charge on any atom is -0.443 e. The minimum absolute atomic E-state index is 0.147. The molecule has 1 aliphatic rings. The molecule has 1 aliphatic carbocycles. The molecule has 13 nitrogen and oxygen atoms in total. The molecule has 0 aliphatic heterocycles. The van der Waals surface area contributed by atoms with E-state index in [9.17, 15) is 9.59 Å². The summed E-state index contributed by atoms with van der Waals surface area (Å²) in [6.07, 6.45) is 8.84. The molecule has 0 radical (unpaired) electrons. The summed E-state index contributed by atoms with van der Waals surface area (Å²) >= 11 is 0. The molecule has 1 saturated carbocycles. The topological polar surface area (TPSA) is 141 Å². The highest BCUT2D eigenvalue weighted by molar-refractivity contribution is 5.87. The highest BCUT2D eigenvalue weighted by Crippen LogP contribution is 2.26. The number of ether oxygens (including phenoxy) is 2. The molecule has 212 valence electrons. The minimum atomic E-state index is -0.686. The molecule has 2 N–H and O–H groups in total. The molecule has 4 aromatic heterocycles. The standard InChI is InChI=1S/C27H34N8O5/c1-27(2,3)40-26(37)33(4)22-14-21(31-20-7-6-11-34(24(20)36)25-28-10-12-39-25)32-23-17(16-30-35(22)23)15-29-18-8-9-19(13-18)38-5/h6-7,10-12,14,16,18-19,29H,8-9,13,15H2,1-5H3,(H,31,32)/t18?,19-/m1/s1. The molecule has 13 heteroatoms. The number of amides is 1. The lowest BCUT2D eigenvalue weighted by atomic mass is 10.2. The fraction of sp³-hybridized carbons (Fsp3) is 0.444. The van der Waals surface area contributed by atoms with Gasteiger partial charge in [0.05, 0.1) is 18.5 Å². The molecule has 0 spiro atoms. The van der Waals surface area contributed by atoms with Gasteiger partial charge in [0.25, 0.3) is 5.56 Å². The molecule has 40 heavy (non-hydrogen) atoms. The third-order valence-electron chi connectivity index (χ3n) is 6.67. The first-order chi connectivity index (χ1) is 19.1. The average Bonchev–Trinajstić information content (AvgIpc) is 3.68. The average molecular weight is 551 g/mol. The van der Waals surface area contributed by atoms with E-state index < -0.39 is 11.7 Å². The molecule has 4 aromatic rings. The fourth-order valence-corrected chi connectivity index (χ4v) is 4.65. The zero-order valence-electron chi connectivity index (χ0n) is 23.2. The number of carbonyl (C=O) groups excluding carboxylic acids is 1. The van der Waals surface area contributed by atoms with Gasteiger partial charge >= 0.3 is 12.1 Å². The normalized spacial score (nSPS) is 17.3. The molecule has 1 amide bonds. The number of hydrogen-bond acceptors (Lipinski definition) is 10. The van der Waals surface area contributed by atoms with Crippen LogP contribution in [0.25, 0.3) is 11.7 Å². The van der Waals surface area contributed by atoms with Crippen molar-refractivity contribution in [3.63, 3.8) is 0 Å². The van der Waals surface area contributed by atoms with Gasteiger partial charge in [-0.2, -0.15) is 9.61 Å². The molecular formula is C27H34N8O5. The summed E-state index contributed by atoms with van der Waals surface area (Å²) in [5, 5.41) is 11.2. The van der Waals surface area contributed by atoms with E-state index in [-0.39, 0.29) is 23.4 Å². The smallest absolute Gasteiger partial charge is 0.415 e. The van der Waals surface area contributed by atoms with E-state index in [4.69, 9.17) is 18.9 Å². The van der Waals surface area contributed by atoms with E-state index in [1.54, 1.807) is 70.0 Å². The van der Waals surface area contributed by atoms with Gasteiger partial charge in [0, 0.05) is 44.6 Å². The Morgan fingerprint density at radius 1 is 1.30 bits per heavy atom. The number of pyridine rings is 1. The number of hydrogen-bond donors (Lipinski definition) is 2. The number of nitrogens with one attached hydrogen (secondary N) is 2. The van der Waals surface area contributed by atoms with Crippen LogP contribution in [0.3, 0.4) is 0 Å². The molecule has 4 heterocycles. The van der Waals surface area contributed by atoms with Crippen molar-refractivity contribution >= 4 is 29.1 Å². The number of carbonyl (C=O) groups is 1. The van der Waals surface area contributed by atoms with Gasteiger partial charge < -0.3 is 24.5 Å². The van der Waals surface area contributed by atoms with Crippen molar-refractivity contribution < 1.29 is 18.7 Å². The number of oxazole rings is 1. The Kier molecular flexibility index (Phi) is 7.59. The predicted molar refractivity (Wildman–Crippen MR) is 148 cm³/mol. The van der Waals surface area contributed by atoms with Crippen molar-refractivity contribution in [1.29, 1.82) is 0 Å². The Labute approximate surface area is 231 Å². The van der Waals surface area contributed by atoms with Gasteiger partial charge in [-0.1, -0.05) is 0 Å². The maximum absolute atomic E-state index is 13.2. The van der Waals surface area contributed by atoms with Gasteiger partial charge in [-0.3, -0.25) is 9.69 Å². The fourth-order valence-electron chi connectivity index (χ4n) is 4.65. The number of methoxy groups -OCH3 is 1. The van der Waals surface area contributed by atoms with Crippen LogP contribution in [0.5, 0.6) is 0 Å². The molecule has 0 bridgehead atoms. The van der Waals surface area contributed by atoms with Crippen LogP contribution in [-0.2, 0) is 16.0 Å². The maximum Gasteiger partial charge on any atom is 0.415 e. The van der Waals surface area contributed by atoms with Crippen molar-refractivity contribution in [3.8, 4) is 6.01 Å². The van der Waals surface area contributed by atoms with Gasteiger partial charge in [0.2, 0.25) is 0 Å². The summed E-state index contributed by atoms with van der Waals surface area (Å²) in [7, 11) is 3.35. The van der Waals surface area contributed by atoms with Gasteiger partial charge in [-0.05, 0) is 52.2 Å². The zero-order valence-corrected chi connectivity index (χ0v) is 23.2. The number of aromatic nitrogens is 5. The van der Waals surface area contributed by atoms with Crippen molar-refractivity contribution in [3.05, 3.63) is 59.0 Å². The Morgan fingerprint density at radius 2 is 2.12 bits per heavy atom. The van der Waals surface area contributed by atoms with E-state index in [0.717, 1.165) is 24.8 Å². The summed E-state index contributed by atoms with van der Waals surface area (Å²) < 4.78 is 19.3. The summed E-state index contributed by atoms with van der Waals surface area (Å²) in [6, 6.07) is 5.44. The van der Waals surface area contributed by atoms with Gasteiger partial charge in [-0.15, -0.1) is 0 Å². The Balaban J connectivity index is 1.50. The molecule has 1 unspecified atom stereocenters. The van der Waals surface area contributed by atoms with Crippen molar-refractivity contribution in [2.24, 2.45) is 0 Å². The Bertz CT molecular complexity index is 1540. The first-order valence-electron chi connectivity index (χ1n) is 13.1. The van der Waals surface area contributed by atoms with Crippen molar-refractivity contribution in [2.75, 3.05) is 24.4 Å². The Hall–Kier alpha value is -4.23. The van der Waals surface area contributed by atoms with Crippen LogP contribution in [-0.4, -0.2) is 62.1 Å². The number of nitrogens with zero attached hydrogens (tertiary/aromatic N) is 6. The number of anilines is 3. The zero-order chi connectivity index (χ0) is 28.4. The first kappa shape index (κ1) is 27.3. The van der Waals surface area contributed by atoms with Crippen LogP contribution in [0.2, 0.25) is 0 Å². The SMILES string of the molecule is CO[C@@H]1CCC(NCc2cnn3c(N(C)C(=O)OC(C)(C)C)cc(Nc4cccn(-c5ncco5)c4=O)nc23)C1. The van der Waals surface area contributed by atoms with Gasteiger partial charge in [0.1, 0.15) is 29.2 Å². The molecule has 2 atom stereocenters. The lowest BCUT2D eigenvalue weighted by molar-refractivity contribution is 0.0587. The van der Waals surface area contributed by atoms with Crippen LogP contribution in [0, 0.1) is 0 Å². The Morgan fingerprint density at radius 3 is 2.83 bits per heavy atom. The van der Waals surface area contributed by atoms with Crippen LogP contribution in [0.4, 0.5) is 22.1 Å². The predicted octanol–water partition coefficient (Wildman–Crippen LogP) is 3.64.